The molecule has 0 saturated carbocycles. The number of fused-ring (bicyclic) bond motifs is 1. The molecule has 1 aromatic heterocycles. The van der Waals surface area contributed by atoms with E-state index in [1.807, 2.05) is 62.4 Å². The van der Waals surface area contributed by atoms with Crippen molar-refractivity contribution in [3.8, 4) is 34.7 Å². The summed E-state index contributed by atoms with van der Waals surface area (Å²) in [7, 11) is 0. The summed E-state index contributed by atoms with van der Waals surface area (Å²) in [6, 6.07) is 17.5. The van der Waals surface area contributed by atoms with Crippen LogP contribution in [0, 0.1) is 11.3 Å². The molecular formula is C23H22N4O3. The lowest BCUT2D eigenvalue weighted by molar-refractivity contribution is 0.340. The lowest BCUT2D eigenvalue weighted by Gasteiger charge is -2.24. The number of nitrogens with one attached hydrogen (secondary N) is 1. The number of hydrogen-bond donors (Lipinski definition) is 2. The van der Waals surface area contributed by atoms with Crippen LogP contribution in [-0.2, 0) is 0 Å². The van der Waals surface area contributed by atoms with Crippen molar-refractivity contribution in [1.82, 2.24) is 10.2 Å². The zero-order valence-electron chi connectivity index (χ0n) is 16.8. The minimum absolute atomic E-state index is 0.0635. The first-order valence-corrected chi connectivity index (χ1v) is 9.78. The van der Waals surface area contributed by atoms with Crippen LogP contribution in [-0.4, -0.2) is 23.4 Å². The fourth-order valence-corrected chi connectivity index (χ4v) is 3.61. The number of aromatic nitrogens is 2. The van der Waals surface area contributed by atoms with E-state index >= 15 is 0 Å². The molecule has 0 radical (unpaired) electrons. The number of rotatable bonds is 6. The molecule has 152 valence electrons. The van der Waals surface area contributed by atoms with Gasteiger partial charge in [-0.25, -0.2) is 0 Å². The van der Waals surface area contributed by atoms with Crippen LogP contribution in [0.1, 0.15) is 30.9 Å². The van der Waals surface area contributed by atoms with Gasteiger partial charge in [0.1, 0.15) is 23.1 Å². The molecule has 1 atom stereocenters. The van der Waals surface area contributed by atoms with E-state index in [0.717, 1.165) is 33.9 Å². The first-order valence-electron chi connectivity index (χ1n) is 9.78. The number of hydrogen-bond acceptors (Lipinski definition) is 6. The van der Waals surface area contributed by atoms with Crippen LogP contribution in [0.5, 0.6) is 17.4 Å². The molecule has 7 nitrogen and oxygen atoms in total. The van der Waals surface area contributed by atoms with Crippen molar-refractivity contribution in [3.05, 3.63) is 71.1 Å². The molecule has 2 aromatic carbocycles. The Kier molecular flexibility index (Phi) is 5.31. The molecule has 0 bridgehead atoms. The first kappa shape index (κ1) is 19.4. The summed E-state index contributed by atoms with van der Waals surface area (Å²) in [5.41, 5.74) is 9.75. The normalized spacial score (nSPS) is 15.2. The second kappa shape index (κ2) is 8.21. The van der Waals surface area contributed by atoms with Gasteiger partial charge < -0.3 is 19.9 Å². The highest BCUT2D eigenvalue weighted by Gasteiger charge is 2.35. The van der Waals surface area contributed by atoms with E-state index in [9.17, 15) is 5.26 Å². The van der Waals surface area contributed by atoms with Crippen LogP contribution in [0.3, 0.4) is 0 Å². The summed E-state index contributed by atoms with van der Waals surface area (Å²) in [5, 5.41) is 17.2. The quantitative estimate of drug-likeness (QED) is 0.643. The van der Waals surface area contributed by atoms with Gasteiger partial charge in [-0.1, -0.05) is 12.1 Å². The molecule has 0 amide bonds. The number of benzene rings is 2. The summed E-state index contributed by atoms with van der Waals surface area (Å²) in [6.45, 7) is 5.06. The Balaban J connectivity index is 1.81. The molecule has 7 heteroatoms. The lowest BCUT2D eigenvalue weighted by Crippen LogP contribution is -2.21. The second-order valence-electron chi connectivity index (χ2n) is 6.70. The Morgan fingerprint density at radius 1 is 1.03 bits per heavy atom. The third-order valence-corrected chi connectivity index (χ3v) is 4.92. The molecule has 3 N–H and O–H groups in total. The predicted molar refractivity (Wildman–Crippen MR) is 112 cm³/mol. The van der Waals surface area contributed by atoms with Gasteiger partial charge in [0.25, 0.3) is 0 Å². The van der Waals surface area contributed by atoms with Gasteiger partial charge in [0.2, 0.25) is 11.8 Å². The van der Waals surface area contributed by atoms with Crippen molar-refractivity contribution in [1.29, 1.82) is 5.26 Å². The summed E-state index contributed by atoms with van der Waals surface area (Å²) in [6.07, 6.45) is 0. The number of ether oxygens (including phenoxy) is 3. The van der Waals surface area contributed by atoms with Crippen LogP contribution in [0.4, 0.5) is 0 Å². The highest BCUT2D eigenvalue weighted by molar-refractivity contribution is 5.71. The maximum Gasteiger partial charge on any atom is 0.244 e. The van der Waals surface area contributed by atoms with Crippen molar-refractivity contribution >= 4 is 0 Å². The number of nitriles is 1. The van der Waals surface area contributed by atoms with Crippen molar-refractivity contribution in [3.63, 3.8) is 0 Å². The molecule has 1 aliphatic heterocycles. The fraction of sp³-hybridized carbons (Fsp3) is 0.217. The average Bonchev–Trinajstić information content (AvgIpc) is 3.18. The molecule has 1 aliphatic rings. The fourth-order valence-electron chi connectivity index (χ4n) is 3.61. The van der Waals surface area contributed by atoms with Crippen LogP contribution in [0.25, 0.3) is 11.3 Å². The first-order chi connectivity index (χ1) is 14.7. The predicted octanol–water partition coefficient (Wildman–Crippen LogP) is 4.09. The molecule has 3 aromatic rings. The maximum atomic E-state index is 9.81. The van der Waals surface area contributed by atoms with Gasteiger partial charge in [-0.05, 0) is 55.8 Å². The molecule has 2 heterocycles. The van der Waals surface area contributed by atoms with Gasteiger partial charge in [0, 0.05) is 5.56 Å². The Hall–Kier alpha value is -3.92. The van der Waals surface area contributed by atoms with E-state index in [2.05, 4.69) is 16.3 Å². The Labute approximate surface area is 174 Å². The summed E-state index contributed by atoms with van der Waals surface area (Å²) < 4.78 is 16.7. The molecule has 0 unspecified atom stereocenters. The molecule has 0 aliphatic carbocycles. The summed E-state index contributed by atoms with van der Waals surface area (Å²) in [4.78, 5) is 0. The minimum atomic E-state index is -0.408. The molecular weight excluding hydrogens is 380 g/mol. The summed E-state index contributed by atoms with van der Waals surface area (Å²) in [5.74, 6) is 1.58. The van der Waals surface area contributed by atoms with Crippen LogP contribution >= 0.6 is 0 Å². The number of nitrogens with two attached hydrogens (primary N) is 1. The Bertz CT molecular complexity index is 1110. The van der Waals surface area contributed by atoms with E-state index in [4.69, 9.17) is 19.9 Å². The van der Waals surface area contributed by atoms with E-state index in [0.29, 0.717) is 24.7 Å². The monoisotopic (exact) mass is 402 g/mol. The minimum Gasteiger partial charge on any atom is -0.494 e. The average molecular weight is 402 g/mol. The zero-order chi connectivity index (χ0) is 21.1. The zero-order valence-corrected chi connectivity index (χ0v) is 16.8. The molecule has 0 spiro atoms. The Morgan fingerprint density at radius 3 is 2.20 bits per heavy atom. The van der Waals surface area contributed by atoms with E-state index in [-0.39, 0.29) is 5.88 Å². The van der Waals surface area contributed by atoms with Gasteiger partial charge in [-0.2, -0.15) is 5.26 Å². The van der Waals surface area contributed by atoms with Gasteiger partial charge in [0.05, 0.1) is 30.4 Å². The third-order valence-electron chi connectivity index (χ3n) is 4.92. The van der Waals surface area contributed by atoms with Crippen molar-refractivity contribution < 1.29 is 14.2 Å². The van der Waals surface area contributed by atoms with Crippen LogP contribution in [0.2, 0.25) is 0 Å². The maximum absolute atomic E-state index is 9.81. The van der Waals surface area contributed by atoms with Gasteiger partial charge in [-0.15, -0.1) is 5.10 Å². The van der Waals surface area contributed by atoms with Crippen LogP contribution in [0.15, 0.2) is 60.0 Å². The van der Waals surface area contributed by atoms with E-state index in [1.54, 1.807) is 0 Å². The molecule has 30 heavy (non-hydrogen) atoms. The number of allylic oxidation sites excluding steroid dienone is 1. The summed E-state index contributed by atoms with van der Waals surface area (Å²) >= 11 is 0. The van der Waals surface area contributed by atoms with Crippen LogP contribution < -0.4 is 19.9 Å². The highest BCUT2D eigenvalue weighted by Crippen LogP contribution is 2.45. The molecule has 0 saturated heterocycles. The van der Waals surface area contributed by atoms with Crippen molar-refractivity contribution in [2.45, 2.75) is 19.8 Å². The van der Waals surface area contributed by atoms with E-state index in [1.165, 1.54) is 0 Å². The number of nitrogens with zero attached hydrogens (tertiary/aromatic N) is 2. The number of H-pyrrole nitrogens is 1. The van der Waals surface area contributed by atoms with Gasteiger partial charge in [-0.3, -0.25) is 5.10 Å². The highest BCUT2D eigenvalue weighted by atomic mass is 16.5. The van der Waals surface area contributed by atoms with Crippen molar-refractivity contribution in [2.75, 3.05) is 13.2 Å². The van der Waals surface area contributed by atoms with Gasteiger partial charge in [0.15, 0.2) is 0 Å². The van der Waals surface area contributed by atoms with E-state index < -0.39 is 5.92 Å². The smallest absolute Gasteiger partial charge is 0.244 e. The number of aromatic amines is 1. The third kappa shape index (κ3) is 3.44. The van der Waals surface area contributed by atoms with Gasteiger partial charge >= 0.3 is 0 Å². The molecule has 4 rings (SSSR count). The topological polar surface area (TPSA) is 106 Å². The SMILES string of the molecule is CCOc1ccc(-c2[nH]nc3c2[C@H](c2ccc(OCC)cc2)C(C#N)=C(N)O3)cc1. The largest absolute Gasteiger partial charge is 0.494 e. The standard InChI is InChI=1S/C23H22N4O3/c1-3-28-16-9-5-14(6-10-16)19-18(13-24)22(25)30-23-20(19)21(26-27-23)15-7-11-17(12-8-15)29-4-2/h5-12,19H,3-4,25H2,1-2H3,(H,26,27)/t19-/m1/s1. The second-order valence-corrected chi connectivity index (χ2v) is 6.70. The Morgan fingerprint density at radius 2 is 1.63 bits per heavy atom. The van der Waals surface area contributed by atoms with Crippen molar-refractivity contribution in [2.24, 2.45) is 5.73 Å². The lowest BCUT2D eigenvalue weighted by atomic mass is 9.83. The molecule has 0 fully saturated rings.